The van der Waals surface area contributed by atoms with Crippen LogP contribution >= 0.6 is 0 Å². The van der Waals surface area contributed by atoms with Crippen molar-refractivity contribution in [3.05, 3.63) is 29.6 Å². The number of methoxy groups -OCH3 is 1. The Morgan fingerprint density at radius 3 is 2.75 bits per heavy atom. The van der Waals surface area contributed by atoms with Gasteiger partial charge in [-0.3, -0.25) is 0 Å². The summed E-state index contributed by atoms with van der Waals surface area (Å²) in [6.07, 6.45) is 2.47. The number of hydrogen-bond donors (Lipinski definition) is 2. The first-order valence-electron chi connectivity index (χ1n) is 6.99. The molecule has 0 spiro atoms. The molecule has 0 saturated carbocycles. The van der Waals surface area contributed by atoms with Gasteiger partial charge in [-0.2, -0.15) is 0 Å². The molecule has 0 radical (unpaired) electrons. The lowest BCUT2D eigenvalue weighted by Gasteiger charge is -2.09. The van der Waals surface area contributed by atoms with Crippen LogP contribution < -0.4 is 10.1 Å². The van der Waals surface area contributed by atoms with E-state index in [4.69, 9.17) is 14.6 Å². The molecule has 5 heteroatoms. The Kier molecular flexibility index (Phi) is 8.95. The van der Waals surface area contributed by atoms with E-state index >= 15 is 0 Å². The Balaban J connectivity index is 2.31. The zero-order chi connectivity index (χ0) is 14.6. The summed E-state index contributed by atoms with van der Waals surface area (Å²) < 4.78 is 24.1. The number of hydrogen-bond acceptors (Lipinski definition) is 4. The number of aliphatic hydroxyl groups excluding tert-OH is 1. The van der Waals surface area contributed by atoms with Crippen LogP contribution in [-0.2, 0) is 11.3 Å². The van der Waals surface area contributed by atoms with Gasteiger partial charge in [0.2, 0.25) is 0 Å². The molecule has 1 aromatic rings. The van der Waals surface area contributed by atoms with E-state index in [0.717, 1.165) is 31.4 Å². The summed E-state index contributed by atoms with van der Waals surface area (Å²) >= 11 is 0. The average Bonchev–Trinajstić information content (AvgIpc) is 2.45. The van der Waals surface area contributed by atoms with Crippen molar-refractivity contribution >= 4 is 0 Å². The van der Waals surface area contributed by atoms with Gasteiger partial charge in [0.15, 0.2) is 11.6 Å². The lowest BCUT2D eigenvalue weighted by Crippen LogP contribution is -2.18. The number of aliphatic hydroxyl groups is 1. The monoisotopic (exact) mass is 285 g/mol. The minimum absolute atomic E-state index is 0.194. The molecule has 0 aliphatic rings. The fourth-order valence-electron chi connectivity index (χ4n) is 1.75. The van der Waals surface area contributed by atoms with Gasteiger partial charge in [-0.15, -0.1) is 0 Å². The number of unbranched alkanes of at least 4 members (excludes halogenated alkanes) is 2. The van der Waals surface area contributed by atoms with E-state index in [1.165, 1.54) is 6.07 Å². The Bertz CT molecular complexity index is 374. The minimum Gasteiger partial charge on any atom is -0.491 e. The molecule has 114 valence electrons. The highest BCUT2D eigenvalue weighted by Gasteiger charge is 2.04. The molecule has 4 nitrogen and oxygen atoms in total. The predicted molar refractivity (Wildman–Crippen MR) is 76.4 cm³/mol. The Morgan fingerprint density at radius 1 is 1.20 bits per heavy atom. The normalized spacial score (nSPS) is 10.8. The minimum atomic E-state index is -0.335. The third-order valence-corrected chi connectivity index (χ3v) is 2.87. The molecule has 0 aliphatic carbocycles. The van der Waals surface area contributed by atoms with Crippen molar-refractivity contribution in [1.29, 1.82) is 0 Å². The van der Waals surface area contributed by atoms with Crippen LogP contribution in [0, 0.1) is 5.82 Å². The first kappa shape index (κ1) is 16.9. The molecule has 1 aromatic carbocycles. The summed E-state index contributed by atoms with van der Waals surface area (Å²) in [5.41, 5.74) is 0.881. The summed E-state index contributed by atoms with van der Waals surface area (Å²) in [6, 6.07) is 5.00. The van der Waals surface area contributed by atoms with Crippen LogP contribution in [-0.4, -0.2) is 38.6 Å². The smallest absolute Gasteiger partial charge is 0.165 e. The third kappa shape index (κ3) is 6.84. The molecule has 0 fully saturated rings. The van der Waals surface area contributed by atoms with Crippen LogP contribution in [0.3, 0.4) is 0 Å². The second kappa shape index (κ2) is 10.6. The van der Waals surface area contributed by atoms with E-state index in [0.29, 0.717) is 19.8 Å². The van der Waals surface area contributed by atoms with E-state index in [-0.39, 0.29) is 18.2 Å². The van der Waals surface area contributed by atoms with Crippen molar-refractivity contribution in [3.63, 3.8) is 0 Å². The van der Waals surface area contributed by atoms with Crippen molar-refractivity contribution in [1.82, 2.24) is 5.32 Å². The molecule has 0 atom stereocenters. The third-order valence-electron chi connectivity index (χ3n) is 2.87. The molecule has 0 amide bonds. The van der Waals surface area contributed by atoms with Crippen LogP contribution in [0.1, 0.15) is 24.8 Å². The molecule has 0 saturated heterocycles. The largest absolute Gasteiger partial charge is 0.491 e. The summed E-state index contributed by atoms with van der Waals surface area (Å²) in [6.45, 7) is 2.65. The maximum Gasteiger partial charge on any atom is 0.165 e. The van der Waals surface area contributed by atoms with Gasteiger partial charge in [-0.1, -0.05) is 6.07 Å². The molecule has 20 heavy (non-hydrogen) atoms. The van der Waals surface area contributed by atoms with Gasteiger partial charge in [-0.05, 0) is 37.0 Å². The summed E-state index contributed by atoms with van der Waals surface area (Å²) in [5.74, 6) is -0.0483. The highest BCUT2D eigenvalue weighted by Crippen LogP contribution is 2.18. The van der Waals surface area contributed by atoms with Gasteiger partial charge in [0.1, 0.15) is 0 Å². The summed E-state index contributed by atoms with van der Waals surface area (Å²) in [7, 11) is 1.65. The van der Waals surface area contributed by atoms with Crippen molar-refractivity contribution in [2.75, 3.05) is 33.5 Å². The summed E-state index contributed by atoms with van der Waals surface area (Å²) in [5, 5.41) is 11.8. The van der Waals surface area contributed by atoms with Gasteiger partial charge < -0.3 is 19.9 Å². The molecule has 2 N–H and O–H groups in total. The second-order valence-corrected chi connectivity index (χ2v) is 4.57. The molecule has 0 aromatic heterocycles. The number of benzene rings is 1. The fraction of sp³-hybridized carbons (Fsp3) is 0.600. The maximum atomic E-state index is 13.8. The predicted octanol–water partition coefficient (Wildman–Crippen LogP) is 2.10. The molecular formula is C15H24FNO3. The van der Waals surface area contributed by atoms with Gasteiger partial charge in [0.05, 0.1) is 13.2 Å². The number of rotatable bonds is 11. The topological polar surface area (TPSA) is 50.7 Å². The second-order valence-electron chi connectivity index (χ2n) is 4.57. The molecule has 0 bridgehead atoms. The Morgan fingerprint density at radius 2 is 2.05 bits per heavy atom. The maximum absolute atomic E-state index is 13.8. The molecule has 0 heterocycles. The van der Waals surface area contributed by atoms with Crippen LogP contribution in [0.2, 0.25) is 0 Å². The first-order chi connectivity index (χ1) is 9.77. The zero-order valence-corrected chi connectivity index (χ0v) is 12.0. The van der Waals surface area contributed by atoms with Crippen LogP contribution in [0.25, 0.3) is 0 Å². The molecule has 0 unspecified atom stereocenters. The van der Waals surface area contributed by atoms with Crippen molar-refractivity contribution in [2.45, 2.75) is 25.8 Å². The van der Waals surface area contributed by atoms with E-state index in [1.807, 2.05) is 6.07 Å². The van der Waals surface area contributed by atoms with Gasteiger partial charge in [0.25, 0.3) is 0 Å². The van der Waals surface area contributed by atoms with Crippen molar-refractivity contribution < 1.29 is 19.0 Å². The first-order valence-corrected chi connectivity index (χ1v) is 6.99. The van der Waals surface area contributed by atoms with E-state index < -0.39 is 0 Å². The number of nitrogens with one attached hydrogen (secondary N) is 1. The number of halogens is 1. The van der Waals surface area contributed by atoms with E-state index in [9.17, 15) is 4.39 Å². The Hall–Kier alpha value is -1.17. The van der Waals surface area contributed by atoms with Gasteiger partial charge >= 0.3 is 0 Å². The lowest BCUT2D eigenvalue weighted by molar-refractivity contribution is 0.199. The quantitative estimate of drug-likeness (QED) is 0.611. The van der Waals surface area contributed by atoms with Gasteiger partial charge in [-0.25, -0.2) is 4.39 Å². The highest BCUT2D eigenvalue weighted by molar-refractivity contribution is 5.29. The van der Waals surface area contributed by atoms with Gasteiger partial charge in [0, 0.05) is 26.8 Å². The van der Waals surface area contributed by atoms with E-state index in [1.54, 1.807) is 13.2 Å². The fourth-order valence-corrected chi connectivity index (χ4v) is 1.75. The highest BCUT2D eigenvalue weighted by atomic mass is 19.1. The SMILES string of the molecule is COCCNCc1ccc(OCCCCCO)c(F)c1. The Labute approximate surface area is 119 Å². The van der Waals surface area contributed by atoms with Crippen molar-refractivity contribution in [3.8, 4) is 5.75 Å². The average molecular weight is 285 g/mol. The van der Waals surface area contributed by atoms with Crippen LogP contribution in [0.15, 0.2) is 18.2 Å². The van der Waals surface area contributed by atoms with Crippen LogP contribution in [0.5, 0.6) is 5.75 Å². The lowest BCUT2D eigenvalue weighted by atomic mass is 10.2. The summed E-state index contributed by atoms with van der Waals surface area (Å²) in [4.78, 5) is 0. The zero-order valence-electron chi connectivity index (χ0n) is 12.0. The van der Waals surface area contributed by atoms with E-state index in [2.05, 4.69) is 5.32 Å². The van der Waals surface area contributed by atoms with Crippen LogP contribution in [0.4, 0.5) is 4.39 Å². The van der Waals surface area contributed by atoms with Crippen molar-refractivity contribution in [2.24, 2.45) is 0 Å². The number of ether oxygens (including phenoxy) is 2. The molecular weight excluding hydrogens is 261 g/mol. The molecule has 0 aliphatic heterocycles. The standard InChI is InChI=1S/C15H24FNO3/c1-19-10-7-17-12-13-5-6-15(14(16)11-13)20-9-4-2-3-8-18/h5-6,11,17-18H,2-4,7-10,12H2,1H3. The molecule has 1 rings (SSSR count).